The number of nitrogens with zero attached hydrogens (tertiary/aromatic N) is 1. The molecular formula is C15H18N2O3. The summed E-state index contributed by atoms with van der Waals surface area (Å²) in [5.41, 5.74) is 0.980. The highest BCUT2D eigenvalue weighted by Crippen LogP contribution is 2.25. The van der Waals surface area contributed by atoms with Gasteiger partial charge in [-0.15, -0.1) is 0 Å². The highest BCUT2D eigenvalue weighted by Gasteiger charge is 2.38. The largest absolute Gasteiger partial charge is 0.445 e. The molecule has 2 heterocycles. The van der Waals surface area contributed by atoms with E-state index in [0.29, 0.717) is 26.1 Å². The number of likely N-dealkylation sites (tertiary alicyclic amines) is 1. The van der Waals surface area contributed by atoms with Crippen molar-refractivity contribution in [1.82, 2.24) is 10.2 Å². The third-order valence-electron chi connectivity index (χ3n) is 3.99. The number of hydrogen-bond donors (Lipinski definition) is 1. The lowest BCUT2D eigenvalue weighted by atomic mass is 9.94. The first kappa shape index (κ1) is 13.0. The first-order valence-electron chi connectivity index (χ1n) is 6.97. The van der Waals surface area contributed by atoms with Gasteiger partial charge in [0.2, 0.25) is 5.91 Å². The average Bonchev–Trinajstić information content (AvgIpc) is 2.85. The molecule has 2 amide bonds. The van der Waals surface area contributed by atoms with Crippen LogP contribution in [-0.2, 0) is 16.1 Å². The zero-order valence-corrected chi connectivity index (χ0v) is 11.2. The number of rotatable bonds is 2. The van der Waals surface area contributed by atoms with E-state index in [9.17, 15) is 9.59 Å². The van der Waals surface area contributed by atoms with Crippen LogP contribution in [0.4, 0.5) is 4.79 Å². The fourth-order valence-electron chi connectivity index (χ4n) is 2.91. The zero-order valence-electron chi connectivity index (χ0n) is 11.2. The topological polar surface area (TPSA) is 58.6 Å². The van der Waals surface area contributed by atoms with Crippen LogP contribution < -0.4 is 5.32 Å². The van der Waals surface area contributed by atoms with Crippen LogP contribution in [0.5, 0.6) is 0 Å². The number of benzene rings is 1. The number of carbonyl (C=O) groups excluding carboxylic acids is 2. The van der Waals surface area contributed by atoms with E-state index < -0.39 is 0 Å². The number of amides is 2. The molecule has 2 atom stereocenters. The Bertz CT molecular complexity index is 503. The van der Waals surface area contributed by atoms with Gasteiger partial charge in [-0.2, -0.15) is 0 Å². The molecule has 0 unspecified atom stereocenters. The lowest BCUT2D eigenvalue weighted by Crippen LogP contribution is -2.47. The van der Waals surface area contributed by atoms with E-state index in [4.69, 9.17) is 4.74 Å². The number of ether oxygens (including phenoxy) is 1. The monoisotopic (exact) mass is 274 g/mol. The molecule has 1 aromatic rings. The third kappa shape index (κ3) is 2.76. The molecule has 0 aliphatic carbocycles. The average molecular weight is 274 g/mol. The predicted molar refractivity (Wildman–Crippen MR) is 72.9 cm³/mol. The van der Waals surface area contributed by atoms with Gasteiger partial charge in [0.25, 0.3) is 0 Å². The molecule has 5 heteroatoms. The van der Waals surface area contributed by atoms with Crippen molar-refractivity contribution in [2.24, 2.45) is 5.92 Å². The zero-order chi connectivity index (χ0) is 13.9. The Balaban J connectivity index is 1.52. The van der Waals surface area contributed by atoms with Gasteiger partial charge in [0.05, 0.1) is 0 Å². The minimum absolute atomic E-state index is 0.0968. The van der Waals surface area contributed by atoms with Gasteiger partial charge < -0.3 is 15.0 Å². The Morgan fingerprint density at radius 1 is 1.35 bits per heavy atom. The molecule has 0 radical (unpaired) electrons. The first-order chi connectivity index (χ1) is 9.72. The van der Waals surface area contributed by atoms with Crippen molar-refractivity contribution in [3.8, 4) is 0 Å². The Morgan fingerprint density at radius 3 is 2.95 bits per heavy atom. The van der Waals surface area contributed by atoms with E-state index in [-0.39, 0.29) is 24.0 Å². The molecule has 20 heavy (non-hydrogen) atoms. The van der Waals surface area contributed by atoms with Crippen molar-refractivity contribution in [1.29, 1.82) is 0 Å². The van der Waals surface area contributed by atoms with Gasteiger partial charge in [-0.25, -0.2) is 4.79 Å². The Hall–Kier alpha value is -2.04. The van der Waals surface area contributed by atoms with Crippen molar-refractivity contribution in [2.75, 3.05) is 13.1 Å². The van der Waals surface area contributed by atoms with Crippen LogP contribution in [-0.4, -0.2) is 36.0 Å². The highest BCUT2D eigenvalue weighted by molar-refractivity contribution is 5.79. The fraction of sp³-hybridized carbons (Fsp3) is 0.467. The molecule has 1 N–H and O–H groups in total. The van der Waals surface area contributed by atoms with Gasteiger partial charge in [0.15, 0.2) is 0 Å². The molecule has 1 aromatic carbocycles. The molecule has 2 fully saturated rings. The second kappa shape index (κ2) is 5.53. The number of nitrogens with one attached hydrogen (secondary N) is 1. The first-order valence-corrected chi connectivity index (χ1v) is 6.97. The maximum atomic E-state index is 12.0. The summed E-state index contributed by atoms with van der Waals surface area (Å²) in [6, 6.07) is 9.87. The second-order valence-electron chi connectivity index (χ2n) is 5.41. The normalized spacial score (nSPS) is 25.0. The van der Waals surface area contributed by atoms with Gasteiger partial charge in [-0.3, -0.25) is 4.79 Å². The lowest BCUT2D eigenvalue weighted by molar-refractivity contribution is -0.119. The van der Waals surface area contributed by atoms with Crippen molar-refractivity contribution < 1.29 is 14.3 Å². The maximum absolute atomic E-state index is 12.0. The Labute approximate surface area is 117 Å². The molecule has 0 bridgehead atoms. The molecule has 5 nitrogen and oxygen atoms in total. The van der Waals surface area contributed by atoms with Gasteiger partial charge in [0, 0.05) is 31.5 Å². The third-order valence-corrected chi connectivity index (χ3v) is 3.99. The van der Waals surface area contributed by atoms with E-state index in [1.165, 1.54) is 0 Å². The Kier molecular flexibility index (Phi) is 3.58. The van der Waals surface area contributed by atoms with Crippen molar-refractivity contribution in [3.63, 3.8) is 0 Å². The maximum Gasteiger partial charge on any atom is 0.410 e. The number of piperidine rings is 1. The van der Waals surface area contributed by atoms with E-state index in [1.807, 2.05) is 30.3 Å². The summed E-state index contributed by atoms with van der Waals surface area (Å²) < 4.78 is 5.32. The molecule has 2 aliphatic heterocycles. The van der Waals surface area contributed by atoms with Crippen LogP contribution in [0.2, 0.25) is 0 Å². The van der Waals surface area contributed by atoms with E-state index in [2.05, 4.69) is 5.32 Å². The van der Waals surface area contributed by atoms with Gasteiger partial charge in [-0.1, -0.05) is 30.3 Å². The van der Waals surface area contributed by atoms with Crippen LogP contribution in [0.15, 0.2) is 30.3 Å². The van der Waals surface area contributed by atoms with Gasteiger partial charge >= 0.3 is 6.09 Å². The summed E-state index contributed by atoms with van der Waals surface area (Å²) in [6.07, 6.45) is 1.05. The number of carbonyl (C=O) groups is 2. The SMILES string of the molecule is O=C1C[C@@H]2CN(C(=O)OCc3ccccc3)CC[C@@H]2N1. The summed E-state index contributed by atoms with van der Waals surface area (Å²) in [5.74, 6) is 0.333. The van der Waals surface area contributed by atoms with E-state index in [0.717, 1.165) is 12.0 Å². The molecular weight excluding hydrogens is 256 g/mol. The summed E-state index contributed by atoms with van der Waals surface area (Å²) in [5, 5.41) is 2.96. The molecule has 3 rings (SSSR count). The molecule has 2 aliphatic rings. The summed E-state index contributed by atoms with van der Waals surface area (Å²) in [7, 11) is 0. The minimum Gasteiger partial charge on any atom is -0.445 e. The molecule has 0 aromatic heterocycles. The number of fused-ring (bicyclic) bond motifs is 1. The van der Waals surface area contributed by atoms with Crippen molar-refractivity contribution in [2.45, 2.75) is 25.5 Å². The van der Waals surface area contributed by atoms with E-state index >= 15 is 0 Å². The summed E-state index contributed by atoms with van der Waals surface area (Å²) >= 11 is 0. The van der Waals surface area contributed by atoms with Crippen LogP contribution in [0, 0.1) is 5.92 Å². The molecule has 2 saturated heterocycles. The van der Waals surface area contributed by atoms with Crippen LogP contribution in [0.25, 0.3) is 0 Å². The molecule has 106 valence electrons. The summed E-state index contributed by atoms with van der Waals surface area (Å²) in [4.78, 5) is 25.1. The smallest absolute Gasteiger partial charge is 0.410 e. The second-order valence-corrected chi connectivity index (χ2v) is 5.41. The molecule has 0 spiro atoms. The summed E-state index contributed by atoms with van der Waals surface area (Å²) in [6.45, 7) is 1.55. The standard InChI is InChI=1S/C15H18N2O3/c18-14-8-12-9-17(7-6-13(12)16-14)15(19)20-10-11-4-2-1-3-5-11/h1-5,12-13H,6-10H2,(H,16,18)/t12-,13+/m1/s1. The van der Waals surface area contributed by atoms with Crippen LogP contribution in [0.3, 0.4) is 0 Å². The highest BCUT2D eigenvalue weighted by atomic mass is 16.6. The van der Waals surface area contributed by atoms with Crippen molar-refractivity contribution >= 4 is 12.0 Å². The van der Waals surface area contributed by atoms with Crippen LogP contribution >= 0.6 is 0 Å². The van der Waals surface area contributed by atoms with Crippen molar-refractivity contribution in [3.05, 3.63) is 35.9 Å². The number of hydrogen-bond acceptors (Lipinski definition) is 3. The van der Waals surface area contributed by atoms with Gasteiger partial charge in [-0.05, 0) is 12.0 Å². The Morgan fingerprint density at radius 2 is 2.15 bits per heavy atom. The quantitative estimate of drug-likeness (QED) is 0.890. The van der Waals surface area contributed by atoms with Crippen LogP contribution in [0.1, 0.15) is 18.4 Å². The predicted octanol–water partition coefficient (Wildman–Crippen LogP) is 1.53. The fourth-order valence-corrected chi connectivity index (χ4v) is 2.91. The minimum atomic E-state index is -0.286. The van der Waals surface area contributed by atoms with Gasteiger partial charge in [0.1, 0.15) is 6.61 Å². The van der Waals surface area contributed by atoms with E-state index in [1.54, 1.807) is 4.90 Å². The lowest BCUT2D eigenvalue weighted by Gasteiger charge is -2.33. The molecule has 0 saturated carbocycles.